The molecule has 0 aliphatic carbocycles. The summed E-state index contributed by atoms with van der Waals surface area (Å²) < 4.78 is 5.56. The second-order valence-electron chi connectivity index (χ2n) is 3.72. The Labute approximate surface area is 65.3 Å². The van der Waals surface area contributed by atoms with E-state index in [1.807, 2.05) is 0 Å². The molecule has 0 atom stereocenters. The molecule has 0 fully saturated rings. The Hall–Kier alpha value is 0.0249. The molecular formula is C8H19BO. The van der Waals surface area contributed by atoms with Crippen LogP contribution in [0.4, 0.5) is 0 Å². The van der Waals surface area contributed by atoms with E-state index in [0.29, 0.717) is 12.2 Å². The highest BCUT2D eigenvalue weighted by Crippen LogP contribution is 2.29. The van der Waals surface area contributed by atoms with Crippen LogP contribution in [-0.4, -0.2) is 13.5 Å². The largest absolute Gasteiger partial charge is 0.436 e. The van der Waals surface area contributed by atoms with Crippen LogP contribution in [0.1, 0.15) is 34.6 Å². The van der Waals surface area contributed by atoms with E-state index < -0.39 is 0 Å². The summed E-state index contributed by atoms with van der Waals surface area (Å²) in [5.41, 5.74) is 0. The molecule has 0 aliphatic heterocycles. The highest BCUT2D eigenvalue weighted by atomic mass is 16.4. The van der Waals surface area contributed by atoms with Gasteiger partial charge in [-0.1, -0.05) is 27.7 Å². The van der Waals surface area contributed by atoms with Crippen molar-refractivity contribution in [2.45, 2.75) is 46.3 Å². The van der Waals surface area contributed by atoms with Crippen LogP contribution in [0.2, 0.25) is 11.6 Å². The van der Waals surface area contributed by atoms with Gasteiger partial charge in [-0.05, 0) is 18.6 Å². The highest BCUT2D eigenvalue weighted by Gasteiger charge is 2.28. The first-order chi connectivity index (χ1) is 4.52. The van der Waals surface area contributed by atoms with Crippen LogP contribution in [0.25, 0.3) is 0 Å². The van der Waals surface area contributed by atoms with Gasteiger partial charge in [-0.3, -0.25) is 0 Å². The standard InChI is InChI=1S/C8H19BO/c1-6-9(10-7-2)8(3,4)5/h6-7H2,1-5H3. The second-order valence-corrected chi connectivity index (χ2v) is 3.72. The molecule has 1 nitrogen and oxygen atoms in total. The van der Waals surface area contributed by atoms with Crippen molar-refractivity contribution in [1.82, 2.24) is 0 Å². The van der Waals surface area contributed by atoms with E-state index in [1.54, 1.807) is 0 Å². The Kier molecular flexibility index (Phi) is 4.03. The molecule has 0 amide bonds. The van der Waals surface area contributed by atoms with Gasteiger partial charge >= 0.3 is 0 Å². The smallest absolute Gasteiger partial charge is 0.298 e. The second kappa shape index (κ2) is 4.02. The Bertz CT molecular complexity index is 85.7. The van der Waals surface area contributed by atoms with Gasteiger partial charge in [0.25, 0.3) is 6.92 Å². The first-order valence-electron chi connectivity index (χ1n) is 4.14. The van der Waals surface area contributed by atoms with Gasteiger partial charge in [0.15, 0.2) is 0 Å². The zero-order valence-corrected chi connectivity index (χ0v) is 7.90. The van der Waals surface area contributed by atoms with Crippen molar-refractivity contribution >= 4 is 6.92 Å². The third-order valence-electron chi connectivity index (χ3n) is 1.70. The molecule has 0 aliphatic rings. The van der Waals surface area contributed by atoms with Crippen molar-refractivity contribution in [2.24, 2.45) is 0 Å². The van der Waals surface area contributed by atoms with Crippen LogP contribution < -0.4 is 0 Å². The van der Waals surface area contributed by atoms with Crippen molar-refractivity contribution < 1.29 is 4.65 Å². The summed E-state index contributed by atoms with van der Waals surface area (Å²) in [6.45, 7) is 12.1. The molecule has 0 rings (SSSR count). The fraction of sp³-hybridized carbons (Fsp3) is 1.00. The predicted octanol–water partition coefficient (Wildman–Crippen LogP) is 2.83. The Morgan fingerprint density at radius 3 is 1.80 bits per heavy atom. The summed E-state index contributed by atoms with van der Waals surface area (Å²) in [4.78, 5) is 0. The molecule has 0 aromatic carbocycles. The van der Waals surface area contributed by atoms with E-state index in [4.69, 9.17) is 4.65 Å². The fourth-order valence-corrected chi connectivity index (χ4v) is 1.18. The van der Waals surface area contributed by atoms with Crippen molar-refractivity contribution in [3.05, 3.63) is 0 Å². The Balaban J connectivity index is 3.81. The third-order valence-corrected chi connectivity index (χ3v) is 1.70. The van der Waals surface area contributed by atoms with Crippen LogP contribution in [0, 0.1) is 0 Å². The summed E-state index contributed by atoms with van der Waals surface area (Å²) in [6.07, 6.45) is 1.11. The van der Waals surface area contributed by atoms with Gasteiger partial charge in [0.1, 0.15) is 0 Å². The molecule has 0 aromatic rings. The van der Waals surface area contributed by atoms with Gasteiger partial charge < -0.3 is 4.65 Å². The summed E-state index contributed by atoms with van der Waals surface area (Å²) in [6, 6.07) is 0. The van der Waals surface area contributed by atoms with Gasteiger partial charge in [-0.25, -0.2) is 0 Å². The maximum Gasteiger partial charge on any atom is 0.298 e. The van der Waals surface area contributed by atoms with E-state index in [-0.39, 0.29) is 0 Å². The predicted molar refractivity (Wildman–Crippen MR) is 47.6 cm³/mol. The average Bonchev–Trinajstić information content (AvgIpc) is 1.80. The van der Waals surface area contributed by atoms with Crippen LogP contribution >= 0.6 is 0 Å². The molecule has 0 bridgehead atoms. The minimum atomic E-state index is 0.296. The lowest BCUT2D eigenvalue weighted by Crippen LogP contribution is -2.28. The average molecular weight is 142 g/mol. The number of hydrogen-bond acceptors (Lipinski definition) is 1. The lowest BCUT2D eigenvalue weighted by molar-refractivity contribution is 0.323. The fourth-order valence-electron chi connectivity index (χ4n) is 1.18. The van der Waals surface area contributed by atoms with Crippen molar-refractivity contribution in [1.29, 1.82) is 0 Å². The zero-order valence-electron chi connectivity index (χ0n) is 7.90. The maximum absolute atomic E-state index is 5.56. The molecule has 0 heterocycles. The molecule has 60 valence electrons. The lowest BCUT2D eigenvalue weighted by Gasteiger charge is -2.25. The molecule has 0 unspecified atom stereocenters. The summed E-state index contributed by atoms with van der Waals surface area (Å²) >= 11 is 0. The number of rotatable bonds is 3. The maximum atomic E-state index is 5.56. The highest BCUT2D eigenvalue weighted by molar-refractivity contribution is 6.55. The lowest BCUT2D eigenvalue weighted by atomic mass is 9.46. The van der Waals surface area contributed by atoms with Crippen molar-refractivity contribution in [3.63, 3.8) is 0 Å². The molecular weight excluding hydrogens is 123 g/mol. The van der Waals surface area contributed by atoms with Crippen molar-refractivity contribution in [3.8, 4) is 0 Å². The van der Waals surface area contributed by atoms with E-state index in [1.165, 1.54) is 0 Å². The SMILES string of the molecule is CCOB(CC)C(C)(C)C. The molecule has 0 N–H and O–H groups in total. The molecule has 0 saturated heterocycles. The zero-order chi connectivity index (χ0) is 8.20. The van der Waals surface area contributed by atoms with E-state index in [2.05, 4.69) is 34.6 Å². The summed E-state index contributed by atoms with van der Waals surface area (Å²) in [7, 11) is 0. The van der Waals surface area contributed by atoms with E-state index in [0.717, 1.165) is 12.9 Å². The summed E-state index contributed by atoms with van der Waals surface area (Å²) in [5, 5.41) is 0.296. The first kappa shape index (κ1) is 10.0. The van der Waals surface area contributed by atoms with Crippen LogP contribution in [-0.2, 0) is 4.65 Å². The molecule has 2 heteroatoms. The van der Waals surface area contributed by atoms with Gasteiger partial charge in [-0.2, -0.15) is 0 Å². The quantitative estimate of drug-likeness (QED) is 0.550. The summed E-state index contributed by atoms with van der Waals surface area (Å²) in [5.74, 6) is 0. The Morgan fingerprint density at radius 2 is 1.70 bits per heavy atom. The van der Waals surface area contributed by atoms with E-state index >= 15 is 0 Å². The Morgan fingerprint density at radius 1 is 1.20 bits per heavy atom. The minimum Gasteiger partial charge on any atom is -0.436 e. The van der Waals surface area contributed by atoms with Gasteiger partial charge in [0.05, 0.1) is 0 Å². The molecule has 0 spiro atoms. The minimum absolute atomic E-state index is 0.296. The van der Waals surface area contributed by atoms with Crippen molar-refractivity contribution in [2.75, 3.05) is 6.61 Å². The van der Waals surface area contributed by atoms with Gasteiger partial charge in [-0.15, -0.1) is 0 Å². The van der Waals surface area contributed by atoms with Gasteiger partial charge in [0.2, 0.25) is 0 Å². The third kappa shape index (κ3) is 3.26. The van der Waals surface area contributed by atoms with Gasteiger partial charge in [0, 0.05) is 6.61 Å². The monoisotopic (exact) mass is 142 g/mol. The topological polar surface area (TPSA) is 9.23 Å². The van der Waals surface area contributed by atoms with E-state index in [9.17, 15) is 0 Å². The molecule has 0 radical (unpaired) electrons. The molecule has 10 heavy (non-hydrogen) atoms. The molecule has 0 saturated carbocycles. The first-order valence-corrected chi connectivity index (χ1v) is 4.14. The normalized spacial score (nSPS) is 11.7. The van der Waals surface area contributed by atoms with Crippen LogP contribution in [0.5, 0.6) is 0 Å². The molecule has 0 aromatic heterocycles. The number of hydrogen-bond donors (Lipinski definition) is 0. The van der Waals surface area contributed by atoms with Crippen LogP contribution in [0.3, 0.4) is 0 Å². The van der Waals surface area contributed by atoms with Crippen LogP contribution in [0.15, 0.2) is 0 Å².